The van der Waals surface area contributed by atoms with Crippen LogP contribution in [0.1, 0.15) is 0 Å². The Morgan fingerprint density at radius 2 is 2.00 bits per heavy atom. The van der Waals surface area contributed by atoms with E-state index in [-0.39, 0.29) is 44.4 Å². The average Bonchev–Trinajstić information content (AvgIpc) is 1.63. The maximum absolute atomic E-state index is 10.5. The smallest absolute Gasteiger partial charge is 0.237 e. The first-order chi connectivity index (χ1) is 4.04. The molecule has 1 N–H and O–H groups in total. The standard InChI is InChI=1S/C4H9NO3S.Y/c1-5(2)4(6)3-9(7)8;/h3H2,1-2H3,(H,7,8);. The van der Waals surface area contributed by atoms with Crippen LogP contribution in [0.25, 0.3) is 0 Å². The van der Waals surface area contributed by atoms with Crippen LogP contribution in [0, 0.1) is 0 Å². The molecule has 0 aliphatic heterocycles. The molecule has 0 spiro atoms. The zero-order valence-corrected chi connectivity index (χ0v) is 9.56. The van der Waals surface area contributed by atoms with Crippen LogP contribution in [0.5, 0.6) is 0 Å². The van der Waals surface area contributed by atoms with Gasteiger partial charge in [0.1, 0.15) is 5.75 Å². The molecule has 1 atom stereocenters. The van der Waals surface area contributed by atoms with Gasteiger partial charge in [-0.05, 0) is 0 Å². The molecule has 1 amide bonds. The first kappa shape index (κ1) is 13.3. The van der Waals surface area contributed by atoms with E-state index in [0.717, 1.165) is 0 Å². The van der Waals surface area contributed by atoms with Gasteiger partial charge in [0.15, 0.2) is 11.1 Å². The molecule has 6 heteroatoms. The zero-order valence-electron chi connectivity index (χ0n) is 5.90. The number of nitrogens with zero attached hydrogens (tertiary/aromatic N) is 1. The minimum absolute atomic E-state index is 0. The molecule has 0 aliphatic carbocycles. The molecule has 57 valence electrons. The van der Waals surface area contributed by atoms with E-state index in [9.17, 15) is 9.00 Å². The third kappa shape index (κ3) is 6.80. The molecule has 0 fully saturated rings. The van der Waals surface area contributed by atoms with Gasteiger partial charge < -0.3 is 9.45 Å². The largest absolute Gasteiger partial charge is 0.348 e. The van der Waals surface area contributed by atoms with Crippen molar-refractivity contribution in [1.82, 2.24) is 4.90 Å². The Kier molecular flexibility index (Phi) is 8.50. The Hall–Kier alpha value is 0.684. The molecule has 0 bridgehead atoms. The van der Waals surface area contributed by atoms with Gasteiger partial charge in [0.2, 0.25) is 5.91 Å². The van der Waals surface area contributed by atoms with Crippen molar-refractivity contribution >= 4 is 17.0 Å². The molecular weight excluding hydrogens is 231 g/mol. The second-order valence-corrected chi connectivity index (χ2v) is 2.69. The second kappa shape index (κ2) is 6.40. The number of hydrogen-bond acceptors (Lipinski definition) is 2. The number of amides is 1. The van der Waals surface area contributed by atoms with E-state index in [1.807, 2.05) is 0 Å². The van der Waals surface area contributed by atoms with Gasteiger partial charge in [-0.2, -0.15) is 0 Å². The number of hydrogen-bond donors (Lipinski definition) is 1. The predicted molar refractivity (Wildman–Crippen MR) is 34.3 cm³/mol. The van der Waals surface area contributed by atoms with Crippen LogP contribution in [0.3, 0.4) is 0 Å². The topological polar surface area (TPSA) is 57.6 Å². The Morgan fingerprint density at radius 3 is 2.10 bits per heavy atom. The number of carbonyl (C=O) groups is 1. The summed E-state index contributed by atoms with van der Waals surface area (Å²) in [5.74, 6) is -0.650. The van der Waals surface area contributed by atoms with Crippen LogP contribution in [0.4, 0.5) is 0 Å². The van der Waals surface area contributed by atoms with Crippen molar-refractivity contribution in [3.63, 3.8) is 0 Å². The predicted octanol–water partition coefficient (Wildman–Crippen LogP) is -0.706. The van der Waals surface area contributed by atoms with E-state index < -0.39 is 11.1 Å². The van der Waals surface area contributed by atoms with Gasteiger partial charge in [0, 0.05) is 46.8 Å². The van der Waals surface area contributed by atoms with E-state index >= 15 is 0 Å². The van der Waals surface area contributed by atoms with Crippen LogP contribution in [-0.2, 0) is 48.6 Å². The van der Waals surface area contributed by atoms with Gasteiger partial charge in [0.05, 0.1) is 0 Å². The molecule has 0 saturated heterocycles. The van der Waals surface area contributed by atoms with E-state index in [4.69, 9.17) is 4.55 Å². The molecule has 0 aliphatic rings. The summed E-state index contributed by atoms with van der Waals surface area (Å²) in [6.07, 6.45) is 0. The molecular formula is C4H9NO3SY. The van der Waals surface area contributed by atoms with E-state index in [1.165, 1.54) is 19.0 Å². The fraction of sp³-hybridized carbons (Fsp3) is 0.750. The Balaban J connectivity index is 0. The minimum Gasteiger partial charge on any atom is -0.348 e. The monoisotopic (exact) mass is 240 g/mol. The fourth-order valence-electron chi connectivity index (χ4n) is 0.235. The number of rotatable bonds is 2. The molecule has 0 heterocycles. The molecule has 1 unspecified atom stereocenters. The van der Waals surface area contributed by atoms with Gasteiger partial charge in [-0.25, -0.2) is 4.21 Å². The van der Waals surface area contributed by atoms with Crippen molar-refractivity contribution < 1.29 is 46.3 Å². The minimum atomic E-state index is -2.01. The van der Waals surface area contributed by atoms with Crippen molar-refractivity contribution in [3.8, 4) is 0 Å². The maximum Gasteiger partial charge on any atom is 0.237 e. The molecule has 0 aromatic carbocycles. The normalized spacial score (nSPS) is 11.5. The van der Waals surface area contributed by atoms with Crippen molar-refractivity contribution in [3.05, 3.63) is 0 Å². The molecule has 0 saturated carbocycles. The zero-order chi connectivity index (χ0) is 7.44. The summed E-state index contributed by atoms with van der Waals surface area (Å²) in [4.78, 5) is 11.8. The quantitative estimate of drug-likeness (QED) is 0.649. The first-order valence-electron chi connectivity index (χ1n) is 2.31. The summed E-state index contributed by atoms with van der Waals surface area (Å²) in [7, 11) is 3.07. The summed E-state index contributed by atoms with van der Waals surface area (Å²) in [5.41, 5.74) is 0. The van der Waals surface area contributed by atoms with Gasteiger partial charge in [-0.1, -0.05) is 0 Å². The third-order valence-electron chi connectivity index (χ3n) is 0.746. The van der Waals surface area contributed by atoms with Crippen LogP contribution in [0.2, 0.25) is 0 Å². The molecule has 1 radical (unpaired) electrons. The van der Waals surface area contributed by atoms with Gasteiger partial charge in [-0.15, -0.1) is 0 Å². The van der Waals surface area contributed by atoms with Gasteiger partial charge in [0.25, 0.3) is 0 Å². The summed E-state index contributed by atoms with van der Waals surface area (Å²) in [6, 6.07) is 0. The van der Waals surface area contributed by atoms with Crippen molar-refractivity contribution in [1.29, 1.82) is 0 Å². The number of carbonyl (C=O) groups excluding carboxylic acids is 1. The van der Waals surface area contributed by atoms with Crippen LogP contribution in [0.15, 0.2) is 0 Å². The molecule has 0 aromatic heterocycles. The SMILES string of the molecule is CN(C)C(=O)CS(=O)O.[Y]. The molecule has 4 nitrogen and oxygen atoms in total. The molecule has 0 rings (SSSR count). The Bertz CT molecular complexity index is 138. The second-order valence-electron chi connectivity index (χ2n) is 1.75. The van der Waals surface area contributed by atoms with Crippen molar-refractivity contribution in [2.45, 2.75) is 0 Å². The van der Waals surface area contributed by atoms with E-state index in [2.05, 4.69) is 0 Å². The third-order valence-corrected chi connectivity index (χ3v) is 1.24. The van der Waals surface area contributed by atoms with Crippen LogP contribution in [-0.4, -0.2) is 39.4 Å². The van der Waals surface area contributed by atoms with Crippen LogP contribution < -0.4 is 0 Å². The first-order valence-corrected chi connectivity index (χ1v) is 3.59. The van der Waals surface area contributed by atoms with Gasteiger partial charge in [-0.3, -0.25) is 4.79 Å². The van der Waals surface area contributed by atoms with Crippen molar-refractivity contribution in [2.24, 2.45) is 0 Å². The van der Waals surface area contributed by atoms with E-state index in [0.29, 0.717) is 0 Å². The van der Waals surface area contributed by atoms with Crippen LogP contribution >= 0.6 is 0 Å². The Labute approximate surface area is 87.5 Å². The summed E-state index contributed by atoms with van der Waals surface area (Å²) in [6.45, 7) is 0. The van der Waals surface area contributed by atoms with Gasteiger partial charge >= 0.3 is 0 Å². The molecule has 10 heavy (non-hydrogen) atoms. The summed E-state index contributed by atoms with van der Waals surface area (Å²) in [5, 5.41) is 0. The Morgan fingerprint density at radius 1 is 1.60 bits per heavy atom. The van der Waals surface area contributed by atoms with E-state index in [1.54, 1.807) is 0 Å². The average molecular weight is 240 g/mol. The summed E-state index contributed by atoms with van der Waals surface area (Å²) < 4.78 is 18.2. The maximum atomic E-state index is 10.5. The van der Waals surface area contributed by atoms with Crippen molar-refractivity contribution in [2.75, 3.05) is 19.8 Å². The molecule has 0 aromatic rings. The summed E-state index contributed by atoms with van der Waals surface area (Å²) >= 11 is -2.01. The fourth-order valence-corrected chi connectivity index (χ4v) is 0.704.